The number of hydrogen-bond acceptors (Lipinski definition) is 3. The summed E-state index contributed by atoms with van der Waals surface area (Å²) in [6.45, 7) is 7.30. The monoisotopic (exact) mass is 267 g/mol. The number of allylic oxidation sites excluding steroid dienone is 2. The first kappa shape index (κ1) is 14.4. The first-order chi connectivity index (χ1) is 8.25. The highest BCUT2D eigenvalue weighted by atomic mass is 35.5. The normalized spacial score (nSPS) is 10.1. The smallest absolute Gasteiger partial charge is 0.276 e. The average Bonchev–Trinajstić information content (AvgIpc) is 2.26. The molecule has 0 radical (unpaired) electrons. The summed E-state index contributed by atoms with van der Waals surface area (Å²) in [5.41, 5.74) is 3.06. The maximum Gasteiger partial charge on any atom is 0.277 e. The van der Waals surface area contributed by atoms with Crippen molar-refractivity contribution in [2.75, 3.05) is 0 Å². The van der Waals surface area contributed by atoms with Crippen LogP contribution in [0.3, 0.4) is 0 Å². The molecule has 0 fully saturated rings. The Morgan fingerprint density at radius 3 is 2.17 bits per heavy atom. The summed E-state index contributed by atoms with van der Waals surface area (Å²) in [5.74, 6) is 0. The Morgan fingerprint density at radius 2 is 1.78 bits per heavy atom. The Hall–Kier alpha value is -1.68. The van der Waals surface area contributed by atoms with Crippen molar-refractivity contribution in [2.24, 2.45) is 0 Å². The van der Waals surface area contributed by atoms with Crippen molar-refractivity contribution in [1.82, 2.24) is 0 Å². The molecule has 0 aliphatic carbocycles. The van der Waals surface area contributed by atoms with Gasteiger partial charge in [0.1, 0.15) is 0 Å². The van der Waals surface area contributed by atoms with Crippen molar-refractivity contribution in [3.8, 4) is 0 Å². The van der Waals surface area contributed by atoms with E-state index in [1.54, 1.807) is 13.0 Å². The molecule has 0 aromatic heterocycles. The molecule has 0 amide bonds. The van der Waals surface area contributed by atoms with Crippen LogP contribution in [0.1, 0.15) is 42.3 Å². The first-order valence-corrected chi connectivity index (χ1v) is 5.76. The van der Waals surface area contributed by atoms with Crippen molar-refractivity contribution in [3.63, 3.8) is 0 Å². The van der Waals surface area contributed by atoms with Gasteiger partial charge in [0.05, 0.1) is 10.5 Å². The van der Waals surface area contributed by atoms with E-state index >= 15 is 0 Å². The Labute approximate surface area is 110 Å². The highest BCUT2D eigenvalue weighted by molar-refractivity contribution is 6.68. The molecule has 1 aromatic rings. The Bertz CT molecular complexity index is 558. The lowest BCUT2D eigenvalue weighted by atomic mass is 9.96. The Balaban J connectivity index is 3.64. The van der Waals surface area contributed by atoms with Gasteiger partial charge in [-0.3, -0.25) is 14.9 Å². The van der Waals surface area contributed by atoms with Gasteiger partial charge in [0, 0.05) is 11.6 Å². The van der Waals surface area contributed by atoms with Crippen LogP contribution >= 0.6 is 11.6 Å². The number of rotatable bonds is 3. The molecule has 0 saturated heterocycles. The van der Waals surface area contributed by atoms with Gasteiger partial charge in [-0.25, -0.2) is 0 Å². The standard InChI is InChI=1S/C13H14ClNO3/c1-7(2)9(4)11-5-8(3)10(13(14)16)6-12(11)15(17)18/h5-6H,1-4H3. The van der Waals surface area contributed by atoms with Crippen LogP contribution in [0, 0.1) is 17.0 Å². The van der Waals surface area contributed by atoms with Gasteiger partial charge in [0.2, 0.25) is 0 Å². The molecular formula is C13H14ClNO3. The number of nitro groups is 1. The van der Waals surface area contributed by atoms with Crippen LogP contribution in [0.4, 0.5) is 5.69 Å². The number of halogens is 1. The summed E-state index contributed by atoms with van der Waals surface area (Å²) < 4.78 is 0. The van der Waals surface area contributed by atoms with Crippen molar-refractivity contribution in [3.05, 3.63) is 44.5 Å². The number of hydrogen-bond donors (Lipinski definition) is 0. The third kappa shape index (κ3) is 2.76. The minimum absolute atomic E-state index is 0.0942. The van der Waals surface area contributed by atoms with E-state index in [1.165, 1.54) is 6.07 Å². The van der Waals surface area contributed by atoms with Crippen LogP contribution in [-0.2, 0) is 0 Å². The largest absolute Gasteiger partial charge is 0.277 e. The van der Waals surface area contributed by atoms with Gasteiger partial charge in [0.25, 0.3) is 10.9 Å². The predicted octanol–water partition coefficient (Wildman–Crippen LogP) is 4.10. The minimum Gasteiger partial charge on any atom is -0.276 e. The summed E-state index contributed by atoms with van der Waals surface area (Å²) in [5, 5.41) is 10.4. The second kappa shape index (κ2) is 5.31. The molecule has 0 aliphatic heterocycles. The van der Waals surface area contributed by atoms with Crippen molar-refractivity contribution < 1.29 is 9.72 Å². The highest BCUT2D eigenvalue weighted by Gasteiger charge is 2.20. The molecule has 0 atom stereocenters. The van der Waals surface area contributed by atoms with Crippen LogP contribution in [0.15, 0.2) is 17.7 Å². The zero-order chi connectivity index (χ0) is 14.0. The number of carbonyl (C=O) groups excluding carboxylic acids is 1. The Kier molecular flexibility index (Phi) is 4.24. The van der Waals surface area contributed by atoms with Gasteiger partial charge in [0.15, 0.2) is 0 Å². The average molecular weight is 268 g/mol. The molecule has 0 bridgehead atoms. The van der Waals surface area contributed by atoms with E-state index in [-0.39, 0.29) is 11.3 Å². The van der Waals surface area contributed by atoms with E-state index < -0.39 is 10.2 Å². The van der Waals surface area contributed by atoms with Crippen LogP contribution in [0.25, 0.3) is 5.57 Å². The number of carbonyl (C=O) groups is 1. The van der Waals surface area contributed by atoms with Crippen LogP contribution < -0.4 is 0 Å². The summed E-state index contributed by atoms with van der Waals surface area (Å²) in [6.07, 6.45) is 0. The SMILES string of the molecule is CC(C)=C(C)c1cc(C)c(C(=O)Cl)cc1[N+](=O)[O-]. The summed E-state index contributed by atoms with van der Waals surface area (Å²) in [6, 6.07) is 2.88. The predicted molar refractivity (Wildman–Crippen MR) is 72.0 cm³/mol. The second-order valence-electron chi connectivity index (χ2n) is 4.34. The molecule has 0 N–H and O–H groups in total. The van der Waals surface area contributed by atoms with E-state index in [0.717, 1.165) is 11.1 Å². The first-order valence-electron chi connectivity index (χ1n) is 5.39. The van der Waals surface area contributed by atoms with E-state index in [9.17, 15) is 14.9 Å². The van der Waals surface area contributed by atoms with Crippen molar-refractivity contribution in [1.29, 1.82) is 0 Å². The summed E-state index contributed by atoms with van der Waals surface area (Å²) >= 11 is 5.41. The fraction of sp³-hybridized carbons (Fsp3) is 0.308. The molecule has 18 heavy (non-hydrogen) atoms. The van der Waals surface area contributed by atoms with Crippen LogP contribution in [-0.4, -0.2) is 10.2 Å². The van der Waals surface area contributed by atoms with Gasteiger partial charge in [-0.1, -0.05) is 5.57 Å². The third-order valence-electron chi connectivity index (χ3n) is 2.91. The molecule has 0 spiro atoms. The molecule has 4 nitrogen and oxygen atoms in total. The zero-order valence-electron chi connectivity index (χ0n) is 10.7. The van der Waals surface area contributed by atoms with E-state index in [1.807, 2.05) is 20.8 Å². The molecule has 1 aromatic carbocycles. The van der Waals surface area contributed by atoms with Crippen molar-refractivity contribution in [2.45, 2.75) is 27.7 Å². The molecule has 5 heteroatoms. The van der Waals surface area contributed by atoms with Gasteiger partial charge in [-0.15, -0.1) is 0 Å². The number of nitrogens with zero attached hydrogens (tertiary/aromatic N) is 1. The third-order valence-corrected chi connectivity index (χ3v) is 3.11. The maximum atomic E-state index is 11.2. The number of nitro benzene ring substituents is 1. The maximum absolute atomic E-state index is 11.2. The fourth-order valence-electron chi connectivity index (χ4n) is 1.63. The Morgan fingerprint density at radius 1 is 1.22 bits per heavy atom. The summed E-state index contributed by atoms with van der Waals surface area (Å²) in [4.78, 5) is 21.8. The number of aryl methyl sites for hydroxylation is 1. The lowest BCUT2D eigenvalue weighted by Crippen LogP contribution is -2.01. The lowest BCUT2D eigenvalue weighted by molar-refractivity contribution is -0.385. The fourth-order valence-corrected chi connectivity index (χ4v) is 1.83. The zero-order valence-corrected chi connectivity index (χ0v) is 11.5. The van der Waals surface area contributed by atoms with E-state index in [4.69, 9.17) is 11.6 Å². The molecule has 0 aliphatic rings. The highest BCUT2D eigenvalue weighted by Crippen LogP contribution is 2.31. The molecule has 0 heterocycles. The molecule has 0 saturated carbocycles. The van der Waals surface area contributed by atoms with Gasteiger partial charge >= 0.3 is 0 Å². The molecule has 0 unspecified atom stereocenters. The summed E-state index contributed by atoms with van der Waals surface area (Å²) in [7, 11) is 0. The lowest BCUT2D eigenvalue weighted by Gasteiger charge is -2.09. The number of benzene rings is 1. The second-order valence-corrected chi connectivity index (χ2v) is 4.68. The van der Waals surface area contributed by atoms with Gasteiger partial charge in [-0.2, -0.15) is 0 Å². The minimum atomic E-state index is -0.683. The quantitative estimate of drug-likeness (QED) is 0.471. The van der Waals surface area contributed by atoms with E-state index in [0.29, 0.717) is 11.1 Å². The van der Waals surface area contributed by atoms with Crippen LogP contribution in [0.5, 0.6) is 0 Å². The topological polar surface area (TPSA) is 60.2 Å². The molecule has 1 rings (SSSR count). The molecule has 96 valence electrons. The van der Waals surface area contributed by atoms with Crippen molar-refractivity contribution >= 4 is 28.1 Å². The van der Waals surface area contributed by atoms with Gasteiger partial charge < -0.3 is 0 Å². The van der Waals surface area contributed by atoms with Crippen LogP contribution in [0.2, 0.25) is 0 Å². The molecular weight excluding hydrogens is 254 g/mol. The van der Waals surface area contributed by atoms with Gasteiger partial charge in [-0.05, 0) is 56.5 Å². The van der Waals surface area contributed by atoms with E-state index in [2.05, 4.69) is 0 Å².